The number of hydrogen-bond donors (Lipinski definition) is 2. The Kier molecular flexibility index (Phi) is 6.12. The Labute approximate surface area is 160 Å². The van der Waals surface area contributed by atoms with Crippen molar-refractivity contribution in [3.05, 3.63) is 53.6 Å². The highest BCUT2D eigenvalue weighted by atomic mass is 16.5. The number of aryl methyl sites for hydroxylation is 2. The van der Waals surface area contributed by atoms with Gasteiger partial charge in [0.2, 0.25) is 5.91 Å². The molecule has 0 spiro atoms. The first-order chi connectivity index (χ1) is 13.0. The second-order valence-corrected chi connectivity index (χ2v) is 6.90. The average Bonchev–Trinajstić information content (AvgIpc) is 2.65. The van der Waals surface area contributed by atoms with Gasteiger partial charge < -0.3 is 15.4 Å². The summed E-state index contributed by atoms with van der Waals surface area (Å²) in [5.74, 6) is 0.389. The van der Waals surface area contributed by atoms with Crippen molar-refractivity contribution in [2.24, 2.45) is 0 Å². The van der Waals surface area contributed by atoms with Gasteiger partial charge in [-0.3, -0.25) is 9.59 Å². The third kappa shape index (κ3) is 5.09. The zero-order valence-electron chi connectivity index (χ0n) is 15.9. The first-order valence-electron chi connectivity index (χ1n) is 9.52. The molecule has 2 aromatic carbocycles. The van der Waals surface area contributed by atoms with Gasteiger partial charge in [-0.1, -0.05) is 19.1 Å². The molecular formula is C22H26N2O3. The Morgan fingerprint density at radius 3 is 2.41 bits per heavy atom. The standard InChI is InChI=1S/C22H26N2O3/c1-3-21(27-20-12-11-16-7-4-5-8-17(16)13-20)22(26)24-19-10-6-9-18(14-19)23-15(2)25/h6,9-14,21H,3-5,7-8H2,1-2H3,(H,23,25)(H,24,26)/t21-/m0/s1. The number of amides is 2. The normalized spacial score (nSPS) is 14.0. The highest BCUT2D eigenvalue weighted by Gasteiger charge is 2.20. The molecule has 27 heavy (non-hydrogen) atoms. The van der Waals surface area contributed by atoms with E-state index in [1.165, 1.54) is 30.9 Å². The summed E-state index contributed by atoms with van der Waals surface area (Å²) in [5.41, 5.74) is 3.99. The summed E-state index contributed by atoms with van der Waals surface area (Å²) >= 11 is 0. The number of carbonyl (C=O) groups is 2. The second kappa shape index (κ2) is 8.71. The van der Waals surface area contributed by atoms with Gasteiger partial charge >= 0.3 is 0 Å². The van der Waals surface area contributed by atoms with Crippen LogP contribution < -0.4 is 15.4 Å². The van der Waals surface area contributed by atoms with Crippen LogP contribution >= 0.6 is 0 Å². The number of nitrogens with one attached hydrogen (secondary N) is 2. The summed E-state index contributed by atoms with van der Waals surface area (Å²) in [7, 11) is 0. The van der Waals surface area contributed by atoms with Crippen molar-refractivity contribution in [3.63, 3.8) is 0 Å². The van der Waals surface area contributed by atoms with Gasteiger partial charge in [0, 0.05) is 18.3 Å². The Morgan fingerprint density at radius 2 is 1.70 bits per heavy atom. The third-order valence-corrected chi connectivity index (χ3v) is 4.71. The smallest absolute Gasteiger partial charge is 0.265 e. The molecule has 5 heteroatoms. The lowest BCUT2D eigenvalue weighted by molar-refractivity contribution is -0.122. The molecule has 0 aliphatic heterocycles. The van der Waals surface area contributed by atoms with Crippen LogP contribution in [0.4, 0.5) is 11.4 Å². The molecule has 0 saturated carbocycles. The summed E-state index contributed by atoms with van der Waals surface area (Å²) in [6.45, 7) is 3.38. The van der Waals surface area contributed by atoms with Gasteiger partial charge in [-0.15, -0.1) is 0 Å². The maximum Gasteiger partial charge on any atom is 0.265 e. The lowest BCUT2D eigenvalue weighted by Crippen LogP contribution is -2.32. The summed E-state index contributed by atoms with van der Waals surface area (Å²) in [6.07, 6.45) is 4.64. The molecular weight excluding hydrogens is 340 g/mol. The van der Waals surface area contributed by atoms with Gasteiger partial charge in [-0.2, -0.15) is 0 Å². The molecule has 2 aromatic rings. The van der Waals surface area contributed by atoms with Gasteiger partial charge in [0.1, 0.15) is 5.75 Å². The van der Waals surface area contributed by atoms with E-state index in [9.17, 15) is 9.59 Å². The van der Waals surface area contributed by atoms with Crippen LogP contribution in [0.3, 0.4) is 0 Å². The molecule has 2 N–H and O–H groups in total. The van der Waals surface area contributed by atoms with Crippen LogP contribution in [0.25, 0.3) is 0 Å². The van der Waals surface area contributed by atoms with Crippen molar-refractivity contribution in [2.75, 3.05) is 10.6 Å². The summed E-state index contributed by atoms with van der Waals surface area (Å²) < 4.78 is 5.98. The van der Waals surface area contributed by atoms with Crippen LogP contribution in [-0.2, 0) is 22.4 Å². The average molecular weight is 366 g/mol. The van der Waals surface area contributed by atoms with Crippen molar-refractivity contribution < 1.29 is 14.3 Å². The topological polar surface area (TPSA) is 67.4 Å². The highest BCUT2D eigenvalue weighted by molar-refractivity contribution is 5.95. The maximum atomic E-state index is 12.6. The van der Waals surface area contributed by atoms with Crippen LogP contribution in [0.5, 0.6) is 5.75 Å². The number of rotatable bonds is 6. The van der Waals surface area contributed by atoms with E-state index < -0.39 is 6.10 Å². The maximum absolute atomic E-state index is 12.6. The van der Waals surface area contributed by atoms with Crippen LogP contribution in [0.15, 0.2) is 42.5 Å². The Hall–Kier alpha value is -2.82. The minimum atomic E-state index is -0.573. The molecule has 0 saturated heterocycles. The van der Waals surface area contributed by atoms with Gasteiger partial charge in [-0.05, 0) is 73.6 Å². The summed E-state index contributed by atoms with van der Waals surface area (Å²) in [5, 5.41) is 5.58. The van der Waals surface area contributed by atoms with E-state index in [-0.39, 0.29) is 11.8 Å². The second-order valence-electron chi connectivity index (χ2n) is 6.90. The molecule has 1 atom stereocenters. The zero-order valence-corrected chi connectivity index (χ0v) is 15.9. The largest absolute Gasteiger partial charge is 0.481 e. The Morgan fingerprint density at radius 1 is 1.00 bits per heavy atom. The molecule has 142 valence electrons. The molecule has 3 rings (SSSR count). The van der Waals surface area contributed by atoms with E-state index in [0.29, 0.717) is 17.8 Å². The van der Waals surface area contributed by atoms with E-state index in [1.54, 1.807) is 24.3 Å². The van der Waals surface area contributed by atoms with E-state index in [2.05, 4.69) is 22.8 Å². The zero-order chi connectivity index (χ0) is 19.2. The number of benzene rings is 2. The molecule has 5 nitrogen and oxygen atoms in total. The molecule has 0 aromatic heterocycles. The third-order valence-electron chi connectivity index (χ3n) is 4.71. The van der Waals surface area contributed by atoms with E-state index in [4.69, 9.17) is 4.74 Å². The Bertz CT molecular complexity index is 832. The monoisotopic (exact) mass is 366 g/mol. The first kappa shape index (κ1) is 19.0. The Balaban J connectivity index is 1.66. The molecule has 0 bridgehead atoms. The molecule has 0 unspecified atom stereocenters. The van der Waals surface area contributed by atoms with Gasteiger partial charge in [0.25, 0.3) is 5.91 Å². The highest BCUT2D eigenvalue weighted by Crippen LogP contribution is 2.26. The molecule has 0 radical (unpaired) electrons. The SMILES string of the molecule is CC[C@H](Oc1ccc2c(c1)CCCC2)C(=O)Nc1cccc(NC(C)=O)c1. The number of anilines is 2. The molecule has 0 fully saturated rings. The fourth-order valence-electron chi connectivity index (χ4n) is 3.37. The van der Waals surface area contributed by atoms with Gasteiger partial charge in [0.15, 0.2) is 6.10 Å². The van der Waals surface area contributed by atoms with Crippen LogP contribution in [0, 0.1) is 0 Å². The molecule has 1 aliphatic rings. The van der Waals surface area contributed by atoms with Crippen LogP contribution in [0.1, 0.15) is 44.2 Å². The van der Waals surface area contributed by atoms with Crippen LogP contribution in [0.2, 0.25) is 0 Å². The summed E-state index contributed by atoms with van der Waals surface area (Å²) in [4.78, 5) is 23.8. The lowest BCUT2D eigenvalue weighted by atomic mass is 9.92. The first-order valence-corrected chi connectivity index (χ1v) is 9.52. The molecule has 1 aliphatic carbocycles. The number of carbonyl (C=O) groups excluding carboxylic acids is 2. The predicted molar refractivity (Wildman–Crippen MR) is 107 cm³/mol. The van der Waals surface area contributed by atoms with Gasteiger partial charge in [-0.25, -0.2) is 0 Å². The quantitative estimate of drug-likeness (QED) is 0.800. The predicted octanol–water partition coefficient (Wildman–Crippen LogP) is 4.32. The lowest BCUT2D eigenvalue weighted by Gasteiger charge is -2.20. The minimum Gasteiger partial charge on any atom is -0.481 e. The number of hydrogen-bond acceptors (Lipinski definition) is 3. The fourth-order valence-corrected chi connectivity index (χ4v) is 3.37. The van der Waals surface area contributed by atoms with Crippen molar-refractivity contribution in [3.8, 4) is 5.75 Å². The van der Waals surface area contributed by atoms with Crippen molar-refractivity contribution in [1.29, 1.82) is 0 Å². The summed E-state index contributed by atoms with van der Waals surface area (Å²) in [6, 6.07) is 13.2. The van der Waals surface area contributed by atoms with Crippen LogP contribution in [-0.4, -0.2) is 17.9 Å². The van der Waals surface area contributed by atoms with Gasteiger partial charge in [0.05, 0.1) is 0 Å². The van der Waals surface area contributed by atoms with E-state index in [1.807, 2.05) is 13.0 Å². The fraction of sp³-hybridized carbons (Fsp3) is 0.364. The molecule has 2 amide bonds. The van der Waals surface area contributed by atoms with Crippen molar-refractivity contribution in [1.82, 2.24) is 0 Å². The minimum absolute atomic E-state index is 0.152. The van der Waals surface area contributed by atoms with Crippen molar-refractivity contribution in [2.45, 2.75) is 52.1 Å². The van der Waals surface area contributed by atoms with E-state index >= 15 is 0 Å². The number of ether oxygens (including phenoxy) is 1. The molecule has 0 heterocycles. The van der Waals surface area contributed by atoms with Crippen molar-refractivity contribution >= 4 is 23.2 Å². The number of fused-ring (bicyclic) bond motifs is 1. The van der Waals surface area contributed by atoms with E-state index in [0.717, 1.165) is 18.6 Å².